The van der Waals surface area contributed by atoms with Crippen LogP contribution < -0.4 is 10.1 Å². The first-order chi connectivity index (χ1) is 10.1. The number of hydrogen-bond acceptors (Lipinski definition) is 6. The minimum Gasteiger partial charge on any atom is -0.463 e. The summed E-state index contributed by atoms with van der Waals surface area (Å²) in [6.07, 6.45) is 3.52. The first-order valence-corrected chi connectivity index (χ1v) is 7.36. The van der Waals surface area contributed by atoms with Gasteiger partial charge in [-0.25, -0.2) is 4.68 Å². The van der Waals surface area contributed by atoms with E-state index in [1.165, 1.54) is 4.68 Å². The highest BCUT2D eigenvalue weighted by Crippen LogP contribution is 2.16. The van der Waals surface area contributed by atoms with Crippen LogP contribution in [0.2, 0.25) is 5.02 Å². The molecule has 0 amide bonds. The van der Waals surface area contributed by atoms with Crippen LogP contribution in [0.25, 0.3) is 5.95 Å². The SMILES string of the molecule is CCCNc1nc(OCCC)nc(-n2cc(Cl)c(C)n2)n1. The standard InChI is InChI=1S/C13H19ClN6O/c1-4-6-15-11-16-12(18-13(17-11)21-7-5-2)20-8-10(14)9(3)19-20/h8H,4-7H2,1-3H3,(H,15,16,17,18). The third-order valence-corrected chi connectivity index (χ3v) is 2.99. The molecule has 0 aliphatic carbocycles. The molecule has 2 heterocycles. The van der Waals surface area contributed by atoms with E-state index in [-0.39, 0.29) is 6.01 Å². The molecule has 7 nitrogen and oxygen atoms in total. The molecule has 2 aromatic rings. The van der Waals surface area contributed by atoms with E-state index in [0.29, 0.717) is 23.5 Å². The van der Waals surface area contributed by atoms with Crippen LogP contribution in [0, 0.1) is 6.92 Å². The Labute approximate surface area is 128 Å². The zero-order valence-electron chi connectivity index (χ0n) is 12.4. The summed E-state index contributed by atoms with van der Waals surface area (Å²) in [5.41, 5.74) is 0.719. The van der Waals surface area contributed by atoms with Crippen LogP contribution in [0.1, 0.15) is 32.4 Å². The van der Waals surface area contributed by atoms with Crippen LogP contribution in [0.3, 0.4) is 0 Å². The second-order valence-corrected chi connectivity index (χ2v) is 4.93. The average molecular weight is 311 g/mol. The molecule has 0 saturated heterocycles. The lowest BCUT2D eigenvalue weighted by atomic mass is 10.5. The highest BCUT2D eigenvalue weighted by molar-refractivity contribution is 6.31. The largest absolute Gasteiger partial charge is 0.463 e. The van der Waals surface area contributed by atoms with Crippen molar-refractivity contribution in [1.82, 2.24) is 24.7 Å². The molecule has 0 bridgehead atoms. The maximum atomic E-state index is 6.02. The molecule has 114 valence electrons. The third kappa shape index (κ3) is 4.04. The Morgan fingerprint density at radius 3 is 2.67 bits per heavy atom. The van der Waals surface area contributed by atoms with E-state index in [9.17, 15) is 0 Å². The van der Waals surface area contributed by atoms with Crippen molar-refractivity contribution in [3.05, 3.63) is 16.9 Å². The fraction of sp³-hybridized carbons (Fsp3) is 0.538. The molecule has 21 heavy (non-hydrogen) atoms. The summed E-state index contributed by atoms with van der Waals surface area (Å²) < 4.78 is 7.02. The maximum Gasteiger partial charge on any atom is 0.323 e. The summed E-state index contributed by atoms with van der Waals surface area (Å²) in [4.78, 5) is 12.8. The van der Waals surface area contributed by atoms with Crippen LogP contribution in [0.15, 0.2) is 6.20 Å². The Kier molecular flexibility index (Phi) is 5.32. The zero-order valence-corrected chi connectivity index (χ0v) is 13.2. The smallest absolute Gasteiger partial charge is 0.323 e. The predicted octanol–water partition coefficient (Wildman–Crippen LogP) is 2.63. The zero-order chi connectivity index (χ0) is 15.2. The quantitative estimate of drug-likeness (QED) is 0.847. The summed E-state index contributed by atoms with van der Waals surface area (Å²) in [5, 5.41) is 7.96. The maximum absolute atomic E-state index is 6.02. The van der Waals surface area contributed by atoms with Gasteiger partial charge >= 0.3 is 6.01 Å². The minimum absolute atomic E-state index is 0.282. The van der Waals surface area contributed by atoms with E-state index in [1.54, 1.807) is 6.20 Å². The Bertz CT molecular complexity index is 555. The molecular formula is C13H19ClN6O. The molecule has 0 saturated carbocycles. The van der Waals surface area contributed by atoms with E-state index < -0.39 is 0 Å². The highest BCUT2D eigenvalue weighted by atomic mass is 35.5. The van der Waals surface area contributed by atoms with Gasteiger partial charge in [0.1, 0.15) is 0 Å². The van der Waals surface area contributed by atoms with Crippen molar-refractivity contribution in [3.63, 3.8) is 0 Å². The van der Waals surface area contributed by atoms with E-state index in [0.717, 1.165) is 25.1 Å². The summed E-state index contributed by atoms with van der Waals surface area (Å²) in [6.45, 7) is 7.24. The molecule has 0 aromatic carbocycles. The Balaban J connectivity index is 2.33. The molecule has 2 aromatic heterocycles. The van der Waals surface area contributed by atoms with Crippen molar-refractivity contribution in [2.24, 2.45) is 0 Å². The summed E-state index contributed by atoms with van der Waals surface area (Å²) in [6, 6.07) is 0.282. The highest BCUT2D eigenvalue weighted by Gasteiger charge is 2.11. The van der Waals surface area contributed by atoms with Crippen molar-refractivity contribution >= 4 is 17.5 Å². The summed E-state index contributed by atoms with van der Waals surface area (Å²) >= 11 is 6.02. The minimum atomic E-state index is 0.282. The first kappa shape index (κ1) is 15.5. The Hall–Kier alpha value is -1.89. The van der Waals surface area contributed by atoms with Crippen LogP contribution >= 0.6 is 11.6 Å². The van der Waals surface area contributed by atoms with Gasteiger partial charge in [0.25, 0.3) is 5.95 Å². The van der Waals surface area contributed by atoms with E-state index in [4.69, 9.17) is 16.3 Å². The van der Waals surface area contributed by atoms with Gasteiger partial charge < -0.3 is 10.1 Å². The number of anilines is 1. The Morgan fingerprint density at radius 2 is 2.05 bits per heavy atom. The topological polar surface area (TPSA) is 77.8 Å². The average Bonchev–Trinajstić information content (AvgIpc) is 2.82. The molecule has 0 fully saturated rings. The van der Waals surface area contributed by atoms with E-state index in [1.807, 2.05) is 13.8 Å². The number of aryl methyl sites for hydroxylation is 1. The van der Waals surface area contributed by atoms with Gasteiger partial charge in [0.2, 0.25) is 5.95 Å². The van der Waals surface area contributed by atoms with Crippen LogP contribution in [-0.2, 0) is 0 Å². The van der Waals surface area contributed by atoms with Gasteiger partial charge in [-0.05, 0) is 19.8 Å². The molecule has 2 rings (SSSR count). The number of aromatic nitrogens is 5. The second kappa shape index (κ2) is 7.21. The normalized spacial score (nSPS) is 10.7. The third-order valence-electron chi connectivity index (χ3n) is 2.62. The van der Waals surface area contributed by atoms with Crippen molar-refractivity contribution in [2.45, 2.75) is 33.6 Å². The molecule has 0 aliphatic heterocycles. The fourth-order valence-corrected chi connectivity index (χ4v) is 1.69. The number of hydrogen-bond donors (Lipinski definition) is 1. The van der Waals surface area contributed by atoms with Gasteiger partial charge in [-0.2, -0.15) is 20.1 Å². The van der Waals surface area contributed by atoms with E-state index in [2.05, 4.69) is 32.3 Å². The number of rotatable bonds is 7. The molecule has 0 aliphatic rings. The van der Waals surface area contributed by atoms with Gasteiger partial charge in [0.05, 0.1) is 23.5 Å². The van der Waals surface area contributed by atoms with Crippen LogP contribution in [-0.4, -0.2) is 37.9 Å². The van der Waals surface area contributed by atoms with Crippen molar-refractivity contribution < 1.29 is 4.74 Å². The monoisotopic (exact) mass is 310 g/mol. The molecule has 0 radical (unpaired) electrons. The van der Waals surface area contributed by atoms with Gasteiger partial charge in [-0.1, -0.05) is 25.4 Å². The first-order valence-electron chi connectivity index (χ1n) is 6.99. The van der Waals surface area contributed by atoms with E-state index >= 15 is 0 Å². The van der Waals surface area contributed by atoms with Gasteiger partial charge in [-0.3, -0.25) is 0 Å². The molecular weight excluding hydrogens is 292 g/mol. The lowest BCUT2D eigenvalue weighted by Gasteiger charge is -2.08. The predicted molar refractivity (Wildman–Crippen MR) is 81.3 cm³/mol. The molecule has 0 atom stereocenters. The summed E-state index contributed by atoms with van der Waals surface area (Å²) in [7, 11) is 0. The number of halogens is 1. The molecule has 8 heteroatoms. The Morgan fingerprint density at radius 1 is 1.24 bits per heavy atom. The summed E-state index contributed by atoms with van der Waals surface area (Å²) in [5.74, 6) is 0.849. The lowest BCUT2D eigenvalue weighted by molar-refractivity contribution is 0.291. The van der Waals surface area contributed by atoms with Crippen LogP contribution in [0.4, 0.5) is 5.95 Å². The van der Waals surface area contributed by atoms with Gasteiger partial charge in [-0.15, -0.1) is 0 Å². The number of nitrogens with zero attached hydrogens (tertiary/aromatic N) is 5. The molecule has 0 unspecified atom stereocenters. The van der Waals surface area contributed by atoms with Crippen LogP contribution in [0.5, 0.6) is 6.01 Å². The van der Waals surface area contributed by atoms with Gasteiger partial charge in [0.15, 0.2) is 0 Å². The van der Waals surface area contributed by atoms with Crippen molar-refractivity contribution in [2.75, 3.05) is 18.5 Å². The van der Waals surface area contributed by atoms with Crippen molar-refractivity contribution in [3.8, 4) is 12.0 Å². The second-order valence-electron chi connectivity index (χ2n) is 4.52. The lowest BCUT2D eigenvalue weighted by Crippen LogP contribution is -2.12. The van der Waals surface area contributed by atoms with Gasteiger partial charge in [0, 0.05) is 6.54 Å². The molecule has 1 N–H and O–H groups in total. The fourth-order valence-electron chi connectivity index (χ4n) is 1.56. The number of nitrogens with one attached hydrogen (secondary N) is 1. The van der Waals surface area contributed by atoms with Crippen molar-refractivity contribution in [1.29, 1.82) is 0 Å². The number of ether oxygens (including phenoxy) is 1. The molecule has 0 spiro atoms.